The van der Waals surface area contributed by atoms with Crippen LogP contribution in [0.5, 0.6) is 0 Å². The van der Waals surface area contributed by atoms with Crippen molar-refractivity contribution in [2.24, 2.45) is 5.73 Å². The number of rotatable bonds is 2. The van der Waals surface area contributed by atoms with Gasteiger partial charge in [-0.15, -0.1) is 0 Å². The predicted molar refractivity (Wildman–Crippen MR) is 64.4 cm³/mol. The first-order chi connectivity index (χ1) is 6.04. The number of carboxylic acid groups (broad SMARTS) is 1. The Bertz CT molecular complexity index is 251. The van der Waals surface area contributed by atoms with Gasteiger partial charge in [0.15, 0.2) is 5.96 Å². The number of hydrogen-bond donors (Lipinski definition) is 6. The Hall–Kier alpha value is 0.810. The number of nitrogens with zero attached hydrogens (tertiary/aromatic N) is 1. The molecule has 0 unspecified atom stereocenters. The van der Waals surface area contributed by atoms with Gasteiger partial charge in [0.2, 0.25) is 0 Å². The van der Waals surface area contributed by atoms with E-state index in [-0.39, 0.29) is 77.1 Å². The third kappa shape index (κ3) is 47.5. The summed E-state index contributed by atoms with van der Waals surface area (Å²) in [5.41, 5.74) is 4.93. The first kappa shape index (κ1) is 30.7. The van der Waals surface area contributed by atoms with Crippen molar-refractivity contribution in [1.82, 2.24) is 4.90 Å². The summed E-state index contributed by atoms with van der Waals surface area (Å²) in [6, 6.07) is 0. The Morgan fingerprint density at radius 1 is 1.35 bits per heavy atom. The molecule has 0 aliphatic heterocycles. The number of aliphatic carboxylic acids is 1. The first-order valence-electron chi connectivity index (χ1n) is 3.09. The van der Waals surface area contributed by atoms with Crippen LogP contribution < -0.4 is 5.73 Å². The molecule has 0 fully saturated rings. The SMILES string of the molecule is CN(CC(=O)O)C(=N)N.O.O=P(O)(O)O.[NaH].[NaH]. The summed E-state index contributed by atoms with van der Waals surface area (Å²) >= 11 is 0. The molecule has 0 aliphatic rings. The molecule has 0 heterocycles. The summed E-state index contributed by atoms with van der Waals surface area (Å²) in [6.45, 7) is -0.227. The van der Waals surface area contributed by atoms with Crippen LogP contribution in [0.25, 0.3) is 0 Å². The van der Waals surface area contributed by atoms with Crippen LogP contribution in [-0.4, -0.2) is 115 Å². The topological polar surface area (TPSA) is 200 Å². The maximum atomic E-state index is 9.92. The third-order valence-electron chi connectivity index (χ3n) is 0.784. The van der Waals surface area contributed by atoms with Gasteiger partial charge in [-0.3, -0.25) is 10.2 Å². The fourth-order valence-corrected chi connectivity index (χ4v) is 0.288. The minimum absolute atomic E-state index is 0. The molecule has 10 nitrogen and oxygen atoms in total. The molecule has 0 aromatic carbocycles. The van der Waals surface area contributed by atoms with E-state index in [1.54, 1.807) is 0 Å². The van der Waals surface area contributed by atoms with Crippen LogP contribution in [0.2, 0.25) is 0 Å². The average Bonchev–Trinajstić information content (AvgIpc) is 1.80. The molecule has 0 spiro atoms. The van der Waals surface area contributed by atoms with Crippen LogP contribution >= 0.6 is 7.82 Å². The van der Waals surface area contributed by atoms with E-state index in [2.05, 4.69) is 0 Å². The second kappa shape index (κ2) is 14.9. The van der Waals surface area contributed by atoms with Crippen LogP contribution in [0.15, 0.2) is 0 Å². The second-order valence-electron chi connectivity index (χ2n) is 2.15. The summed E-state index contributed by atoms with van der Waals surface area (Å²) in [5, 5.41) is 14.9. The molecule has 0 rings (SSSR count). The van der Waals surface area contributed by atoms with E-state index in [0.29, 0.717) is 0 Å². The van der Waals surface area contributed by atoms with Crippen molar-refractivity contribution in [3.05, 3.63) is 0 Å². The summed E-state index contributed by atoms with van der Waals surface area (Å²) in [6.07, 6.45) is 0. The van der Waals surface area contributed by atoms with E-state index in [1.807, 2.05) is 0 Å². The van der Waals surface area contributed by atoms with E-state index in [0.717, 1.165) is 4.90 Å². The molecule has 0 aromatic rings. The molecule has 0 saturated carbocycles. The number of carboxylic acids is 1. The van der Waals surface area contributed by atoms with Crippen molar-refractivity contribution in [3.8, 4) is 0 Å². The molecule has 13 heteroatoms. The molecule has 0 atom stereocenters. The molecule has 0 saturated heterocycles. The van der Waals surface area contributed by atoms with Crippen LogP contribution in [0.4, 0.5) is 0 Å². The molecule has 0 aromatic heterocycles. The maximum absolute atomic E-state index is 9.92. The zero-order chi connectivity index (χ0) is 11.9. The van der Waals surface area contributed by atoms with Crippen LogP contribution in [-0.2, 0) is 9.36 Å². The van der Waals surface area contributed by atoms with E-state index in [1.165, 1.54) is 7.05 Å². The van der Waals surface area contributed by atoms with Gasteiger partial charge in [-0.2, -0.15) is 0 Å². The van der Waals surface area contributed by atoms with E-state index < -0.39 is 13.8 Å². The summed E-state index contributed by atoms with van der Waals surface area (Å²) in [5.74, 6) is -1.23. The van der Waals surface area contributed by atoms with Gasteiger partial charge >= 0.3 is 72.9 Å². The second-order valence-corrected chi connectivity index (χ2v) is 3.17. The molecule has 9 N–H and O–H groups in total. The number of nitrogens with two attached hydrogens (primary N) is 1. The molecular formula is C4H16N3Na2O7P. The van der Waals surface area contributed by atoms with Crippen molar-refractivity contribution in [3.63, 3.8) is 0 Å². The number of likely N-dealkylation sites (N-methyl/N-ethyl adjacent to an activating group) is 1. The quantitative estimate of drug-likeness (QED) is 0.127. The predicted octanol–water partition coefficient (Wildman–Crippen LogP) is -4.15. The summed E-state index contributed by atoms with van der Waals surface area (Å²) < 4.78 is 8.88. The molecule has 0 radical (unpaired) electrons. The summed E-state index contributed by atoms with van der Waals surface area (Å²) in [7, 11) is -3.20. The normalized spacial score (nSPS) is 8.00. The fraction of sp³-hybridized carbons (Fsp3) is 0.500. The van der Waals surface area contributed by atoms with Gasteiger partial charge in [0, 0.05) is 7.05 Å². The van der Waals surface area contributed by atoms with Gasteiger partial charge < -0.3 is 35.9 Å². The number of guanidine groups is 1. The zero-order valence-electron chi connectivity index (χ0n) is 7.78. The standard InChI is InChI=1S/C4H9N3O2.2Na.H3O4P.H2O.2H/c1-7(4(5)6)2-3(8)9;;;1-5(2,3)4;;;/h2H2,1H3,(H3,5,6)(H,8,9);;;(H3,1,2,3,4);1H2;;. The van der Waals surface area contributed by atoms with Gasteiger partial charge in [0.25, 0.3) is 0 Å². The number of hydrogen-bond acceptors (Lipinski definition) is 3. The van der Waals surface area contributed by atoms with Crippen molar-refractivity contribution < 1.29 is 34.6 Å². The Morgan fingerprint density at radius 2 is 1.59 bits per heavy atom. The zero-order valence-corrected chi connectivity index (χ0v) is 8.68. The third-order valence-corrected chi connectivity index (χ3v) is 0.784. The first-order valence-corrected chi connectivity index (χ1v) is 4.65. The Kier molecular flexibility index (Phi) is 26.8. The number of phosphoric acid groups is 1. The van der Waals surface area contributed by atoms with Gasteiger partial charge in [-0.05, 0) is 0 Å². The van der Waals surface area contributed by atoms with Crippen molar-refractivity contribution in [2.45, 2.75) is 0 Å². The Labute approximate surface area is 142 Å². The number of nitrogens with one attached hydrogen (secondary N) is 1. The molecule has 0 amide bonds. The fourth-order valence-electron chi connectivity index (χ4n) is 0.288. The number of carbonyl (C=O) groups is 1. The van der Waals surface area contributed by atoms with Crippen LogP contribution in [0.3, 0.4) is 0 Å². The van der Waals surface area contributed by atoms with Gasteiger partial charge in [0.1, 0.15) is 6.54 Å². The molecule has 0 aliphatic carbocycles. The average molecular weight is 295 g/mol. The Balaban J connectivity index is -0.0000000533. The minimum atomic E-state index is -4.64. The summed E-state index contributed by atoms with van der Waals surface area (Å²) in [4.78, 5) is 32.6. The van der Waals surface area contributed by atoms with E-state index >= 15 is 0 Å². The van der Waals surface area contributed by atoms with Gasteiger partial charge in [-0.25, -0.2) is 4.57 Å². The molecule has 96 valence electrons. The van der Waals surface area contributed by atoms with Gasteiger partial charge in [0.05, 0.1) is 0 Å². The molecule has 0 bridgehead atoms. The van der Waals surface area contributed by atoms with Crippen molar-refractivity contribution in [2.75, 3.05) is 13.6 Å². The van der Waals surface area contributed by atoms with Gasteiger partial charge in [-0.1, -0.05) is 0 Å². The monoisotopic (exact) mass is 295 g/mol. The van der Waals surface area contributed by atoms with Crippen molar-refractivity contribution in [1.29, 1.82) is 5.41 Å². The Morgan fingerprint density at radius 3 is 1.65 bits per heavy atom. The molecular weight excluding hydrogens is 279 g/mol. The van der Waals surface area contributed by atoms with E-state index in [9.17, 15) is 4.79 Å². The van der Waals surface area contributed by atoms with E-state index in [4.69, 9.17) is 35.5 Å². The van der Waals surface area contributed by atoms with Crippen LogP contribution in [0.1, 0.15) is 0 Å². The van der Waals surface area contributed by atoms with Crippen molar-refractivity contribution >= 4 is 78.9 Å². The van der Waals surface area contributed by atoms with Crippen LogP contribution in [0, 0.1) is 5.41 Å². The molecule has 17 heavy (non-hydrogen) atoms.